The molecule has 6 rings (SSSR count). The average molecular weight is 556 g/mol. The van der Waals surface area contributed by atoms with Crippen LogP contribution in [0.4, 0.5) is 10.6 Å². The van der Waals surface area contributed by atoms with E-state index in [1.807, 2.05) is 72.5 Å². The standard InChI is InChI=1S/C32H37N5O4/c1-31(40)19-32(33,20-31)24-11-9-23(10-12-24)29-26(22-5-3-2-4-6-22)18-27(35-36-29)34-28(38)17-21-7-13-25(14-8-21)37-15-16-41-30(37)39/h2-6,9-12,18,21,25,40H,7-8,13-17,19-20,33H2,1H3,(H,34,35,38)/t21-,25-,31?,32?. The van der Waals surface area contributed by atoms with Crippen molar-refractivity contribution in [1.82, 2.24) is 15.1 Å². The van der Waals surface area contributed by atoms with E-state index in [0.717, 1.165) is 47.9 Å². The molecule has 0 radical (unpaired) electrons. The summed E-state index contributed by atoms with van der Waals surface area (Å²) >= 11 is 0. The number of nitrogens with two attached hydrogens (primary N) is 1. The molecule has 214 valence electrons. The second-order valence-corrected chi connectivity index (χ2v) is 12.2. The number of cyclic esters (lactones) is 1. The fraction of sp³-hybridized carbons (Fsp3) is 0.438. The highest BCUT2D eigenvalue weighted by Crippen LogP contribution is 2.46. The SMILES string of the molecule is CC1(O)CC(N)(c2ccc(-c3nnc(NC(=O)C[C@H]4CC[C@H](N5CCOC5=O)CC4)cc3-c3ccccc3)cc2)C1. The van der Waals surface area contributed by atoms with Crippen LogP contribution in [0.5, 0.6) is 0 Å². The summed E-state index contributed by atoms with van der Waals surface area (Å²) < 4.78 is 5.08. The van der Waals surface area contributed by atoms with Gasteiger partial charge in [0.05, 0.1) is 12.1 Å². The fourth-order valence-corrected chi connectivity index (χ4v) is 6.83. The Morgan fingerprint density at radius 2 is 1.76 bits per heavy atom. The van der Waals surface area contributed by atoms with E-state index >= 15 is 0 Å². The summed E-state index contributed by atoms with van der Waals surface area (Å²) in [5.74, 6) is 0.610. The molecule has 4 N–H and O–H groups in total. The summed E-state index contributed by atoms with van der Waals surface area (Å²) in [6.45, 7) is 2.94. The maximum Gasteiger partial charge on any atom is 0.410 e. The van der Waals surface area contributed by atoms with Crippen molar-refractivity contribution < 1.29 is 19.4 Å². The second-order valence-electron chi connectivity index (χ2n) is 12.2. The molecular weight excluding hydrogens is 518 g/mol. The number of carbonyl (C=O) groups excluding carboxylic acids is 2. The zero-order chi connectivity index (χ0) is 28.6. The topological polar surface area (TPSA) is 131 Å². The number of ether oxygens (including phenoxy) is 1. The smallest absolute Gasteiger partial charge is 0.410 e. The third-order valence-electron chi connectivity index (χ3n) is 8.80. The number of hydrogen-bond acceptors (Lipinski definition) is 7. The number of amides is 2. The van der Waals surface area contributed by atoms with Gasteiger partial charge in [-0.1, -0.05) is 54.6 Å². The van der Waals surface area contributed by atoms with Crippen molar-refractivity contribution in [2.45, 2.75) is 69.1 Å². The minimum Gasteiger partial charge on any atom is -0.448 e. The molecule has 1 saturated heterocycles. The number of carbonyl (C=O) groups is 2. The second kappa shape index (κ2) is 10.9. The third kappa shape index (κ3) is 5.83. The van der Waals surface area contributed by atoms with E-state index in [2.05, 4.69) is 15.5 Å². The van der Waals surface area contributed by atoms with E-state index in [1.54, 1.807) is 0 Å². The van der Waals surface area contributed by atoms with Crippen molar-refractivity contribution in [3.8, 4) is 22.4 Å². The third-order valence-corrected chi connectivity index (χ3v) is 8.80. The number of nitrogens with one attached hydrogen (secondary N) is 1. The normalized spacial score (nSPS) is 27.7. The highest BCUT2D eigenvalue weighted by molar-refractivity contribution is 5.91. The van der Waals surface area contributed by atoms with Gasteiger partial charge >= 0.3 is 6.09 Å². The first-order chi connectivity index (χ1) is 19.7. The first kappa shape index (κ1) is 27.4. The highest BCUT2D eigenvalue weighted by atomic mass is 16.6. The summed E-state index contributed by atoms with van der Waals surface area (Å²) in [5.41, 5.74) is 9.73. The Morgan fingerprint density at radius 3 is 2.39 bits per heavy atom. The van der Waals surface area contributed by atoms with Crippen molar-refractivity contribution in [2.75, 3.05) is 18.5 Å². The van der Waals surface area contributed by atoms with E-state index in [-0.39, 0.29) is 24.0 Å². The molecule has 2 aliphatic carbocycles. The van der Waals surface area contributed by atoms with Gasteiger partial charge in [0.1, 0.15) is 12.3 Å². The largest absolute Gasteiger partial charge is 0.448 e. The summed E-state index contributed by atoms with van der Waals surface area (Å²) in [4.78, 5) is 26.7. The lowest BCUT2D eigenvalue weighted by Gasteiger charge is -2.49. The minimum absolute atomic E-state index is 0.0796. The quantitative estimate of drug-likeness (QED) is 0.380. The Morgan fingerprint density at radius 1 is 1.05 bits per heavy atom. The van der Waals surface area contributed by atoms with Crippen LogP contribution >= 0.6 is 0 Å². The molecule has 2 saturated carbocycles. The molecule has 1 aromatic heterocycles. The van der Waals surface area contributed by atoms with E-state index in [0.29, 0.717) is 43.9 Å². The molecule has 3 fully saturated rings. The monoisotopic (exact) mass is 555 g/mol. The van der Waals surface area contributed by atoms with Gasteiger partial charge in [0.25, 0.3) is 0 Å². The van der Waals surface area contributed by atoms with Crippen molar-refractivity contribution in [3.63, 3.8) is 0 Å². The number of rotatable bonds is 7. The fourth-order valence-electron chi connectivity index (χ4n) is 6.83. The highest BCUT2D eigenvalue weighted by Gasteiger charge is 2.49. The van der Waals surface area contributed by atoms with Crippen molar-refractivity contribution in [3.05, 3.63) is 66.2 Å². The van der Waals surface area contributed by atoms with Gasteiger partial charge in [-0.3, -0.25) is 4.79 Å². The van der Waals surface area contributed by atoms with E-state index in [4.69, 9.17) is 10.5 Å². The summed E-state index contributed by atoms with van der Waals surface area (Å²) in [6, 6.07) is 20.0. The maximum atomic E-state index is 13.0. The average Bonchev–Trinajstić information content (AvgIpc) is 3.38. The lowest BCUT2D eigenvalue weighted by Crippen LogP contribution is -2.58. The predicted octanol–water partition coefficient (Wildman–Crippen LogP) is 4.85. The molecule has 1 aliphatic heterocycles. The molecule has 2 aromatic carbocycles. The number of aromatic nitrogens is 2. The Labute approximate surface area is 240 Å². The van der Waals surface area contributed by atoms with Gasteiger partial charge in [-0.25, -0.2) is 4.79 Å². The van der Waals surface area contributed by atoms with E-state index in [1.165, 1.54) is 0 Å². The molecular formula is C32H37N5O4. The van der Waals surface area contributed by atoms with Crippen LogP contribution in [-0.2, 0) is 15.1 Å². The van der Waals surface area contributed by atoms with Gasteiger partial charge in [0.15, 0.2) is 5.82 Å². The molecule has 9 nitrogen and oxygen atoms in total. The summed E-state index contributed by atoms with van der Waals surface area (Å²) in [6.07, 6.45) is 4.84. The summed E-state index contributed by atoms with van der Waals surface area (Å²) in [7, 11) is 0. The van der Waals surface area contributed by atoms with E-state index in [9.17, 15) is 14.7 Å². The van der Waals surface area contributed by atoms with Crippen LogP contribution in [0.15, 0.2) is 60.7 Å². The molecule has 9 heteroatoms. The van der Waals surface area contributed by atoms with Crippen molar-refractivity contribution in [1.29, 1.82) is 0 Å². The van der Waals surface area contributed by atoms with Crippen molar-refractivity contribution >= 4 is 17.8 Å². The van der Waals surface area contributed by atoms with Gasteiger partial charge < -0.3 is 25.8 Å². The molecule has 0 bridgehead atoms. The lowest BCUT2D eigenvalue weighted by molar-refractivity contribution is -0.117. The molecule has 3 aromatic rings. The number of nitrogens with zero attached hydrogens (tertiary/aromatic N) is 3. The summed E-state index contributed by atoms with van der Waals surface area (Å²) in [5, 5.41) is 22.1. The Kier molecular flexibility index (Phi) is 7.25. The van der Waals surface area contributed by atoms with Crippen molar-refractivity contribution in [2.24, 2.45) is 11.7 Å². The van der Waals surface area contributed by atoms with Crippen LogP contribution in [0.2, 0.25) is 0 Å². The number of hydrogen-bond donors (Lipinski definition) is 3. The molecule has 3 aliphatic rings. The zero-order valence-corrected chi connectivity index (χ0v) is 23.4. The Hall–Kier alpha value is -3.82. The molecule has 2 heterocycles. The van der Waals surface area contributed by atoms with Crippen LogP contribution in [0.1, 0.15) is 57.4 Å². The number of aliphatic hydroxyl groups is 1. The number of benzene rings is 2. The van der Waals surface area contributed by atoms with Gasteiger partial charge in [-0.05, 0) is 68.6 Å². The predicted molar refractivity (Wildman–Crippen MR) is 156 cm³/mol. The van der Waals surface area contributed by atoms with Crippen LogP contribution in [0, 0.1) is 5.92 Å². The van der Waals surface area contributed by atoms with Gasteiger partial charge in [0.2, 0.25) is 5.91 Å². The Bertz CT molecular complexity index is 1410. The van der Waals surface area contributed by atoms with Crippen LogP contribution < -0.4 is 11.1 Å². The molecule has 0 atom stereocenters. The van der Waals surface area contributed by atoms with Crippen LogP contribution in [0.25, 0.3) is 22.4 Å². The lowest BCUT2D eigenvalue weighted by atomic mass is 9.63. The van der Waals surface area contributed by atoms with Gasteiger partial charge in [0, 0.05) is 29.1 Å². The zero-order valence-electron chi connectivity index (χ0n) is 23.4. The van der Waals surface area contributed by atoms with Gasteiger partial charge in [-0.2, -0.15) is 0 Å². The molecule has 0 unspecified atom stereocenters. The molecule has 41 heavy (non-hydrogen) atoms. The number of anilines is 1. The van der Waals surface area contributed by atoms with Crippen LogP contribution in [-0.4, -0.2) is 57.0 Å². The molecule has 2 amide bonds. The minimum atomic E-state index is -0.720. The first-order valence-electron chi connectivity index (χ1n) is 14.5. The van der Waals surface area contributed by atoms with Gasteiger partial charge in [-0.15, -0.1) is 10.2 Å². The molecule has 0 spiro atoms. The van der Waals surface area contributed by atoms with Crippen LogP contribution in [0.3, 0.4) is 0 Å². The van der Waals surface area contributed by atoms with E-state index < -0.39 is 11.1 Å². The maximum absolute atomic E-state index is 13.0. The first-order valence-corrected chi connectivity index (χ1v) is 14.5. The Balaban J connectivity index is 1.15.